The van der Waals surface area contributed by atoms with Crippen LogP contribution in [0.2, 0.25) is 0 Å². The van der Waals surface area contributed by atoms with Gasteiger partial charge in [-0.25, -0.2) is 4.79 Å². The highest BCUT2D eigenvalue weighted by atomic mass is 16.5. The zero-order chi connectivity index (χ0) is 19.2. The van der Waals surface area contributed by atoms with Gasteiger partial charge in [0.2, 0.25) is 5.91 Å². The number of anilines is 2. The van der Waals surface area contributed by atoms with Crippen molar-refractivity contribution < 1.29 is 19.1 Å². The highest BCUT2D eigenvalue weighted by Crippen LogP contribution is 2.22. The number of carbonyl (C=O) groups excluding carboxylic acids is 3. The summed E-state index contributed by atoms with van der Waals surface area (Å²) < 4.78 is 5.04. The molecule has 27 heavy (non-hydrogen) atoms. The Balaban J connectivity index is 1.58. The minimum atomic E-state index is -0.649. The first-order valence-electron chi connectivity index (χ1n) is 8.44. The van der Waals surface area contributed by atoms with E-state index in [1.807, 2.05) is 6.07 Å². The van der Waals surface area contributed by atoms with E-state index in [0.717, 1.165) is 6.42 Å². The van der Waals surface area contributed by atoms with Gasteiger partial charge in [-0.3, -0.25) is 9.59 Å². The largest absolute Gasteiger partial charge is 0.452 e. The van der Waals surface area contributed by atoms with Crippen LogP contribution in [0, 0.1) is 11.3 Å². The van der Waals surface area contributed by atoms with E-state index in [2.05, 4.69) is 5.32 Å². The summed E-state index contributed by atoms with van der Waals surface area (Å²) in [4.78, 5) is 37.6. The predicted molar refractivity (Wildman–Crippen MR) is 98.1 cm³/mol. The molecule has 0 bridgehead atoms. The van der Waals surface area contributed by atoms with Crippen LogP contribution in [0.5, 0.6) is 0 Å². The maximum absolute atomic E-state index is 12.2. The van der Waals surface area contributed by atoms with Gasteiger partial charge < -0.3 is 15.0 Å². The third-order valence-electron chi connectivity index (χ3n) is 4.08. The Morgan fingerprint density at radius 2 is 2.00 bits per heavy atom. The number of amides is 2. The molecule has 1 saturated heterocycles. The lowest BCUT2D eigenvalue weighted by atomic mass is 10.2. The molecule has 0 unspecified atom stereocenters. The zero-order valence-electron chi connectivity index (χ0n) is 14.5. The highest BCUT2D eigenvalue weighted by molar-refractivity contribution is 5.98. The monoisotopic (exact) mass is 363 g/mol. The summed E-state index contributed by atoms with van der Waals surface area (Å²) in [5.74, 6) is -1.13. The Kier molecular flexibility index (Phi) is 5.47. The van der Waals surface area contributed by atoms with E-state index in [0.29, 0.717) is 29.9 Å². The van der Waals surface area contributed by atoms with Crippen LogP contribution in [-0.2, 0) is 14.3 Å². The summed E-state index contributed by atoms with van der Waals surface area (Å²) in [6.45, 7) is 0.171. The lowest BCUT2D eigenvalue weighted by molar-refractivity contribution is -0.119. The number of esters is 1. The predicted octanol–water partition coefficient (Wildman–Crippen LogP) is 2.48. The molecule has 0 spiro atoms. The Bertz CT molecular complexity index is 933. The van der Waals surface area contributed by atoms with Crippen LogP contribution < -0.4 is 10.2 Å². The second kappa shape index (κ2) is 8.15. The van der Waals surface area contributed by atoms with Gasteiger partial charge >= 0.3 is 5.97 Å². The van der Waals surface area contributed by atoms with Gasteiger partial charge in [-0.05, 0) is 42.8 Å². The molecule has 0 saturated carbocycles. The molecule has 2 amide bonds. The molecule has 2 aromatic carbocycles. The SMILES string of the molecule is N#Cc1cccc(NC(=O)COC(=O)c2cccc(N3CCCC3=O)c2)c1. The van der Waals surface area contributed by atoms with Crippen LogP contribution in [0.4, 0.5) is 11.4 Å². The normalized spacial score (nSPS) is 13.1. The van der Waals surface area contributed by atoms with E-state index in [1.54, 1.807) is 47.4 Å². The number of nitriles is 1. The molecule has 0 aromatic heterocycles. The van der Waals surface area contributed by atoms with Gasteiger partial charge in [0.1, 0.15) is 0 Å². The van der Waals surface area contributed by atoms with Crippen molar-refractivity contribution in [1.29, 1.82) is 5.26 Å². The number of ether oxygens (including phenoxy) is 1. The molecule has 0 radical (unpaired) electrons. The van der Waals surface area contributed by atoms with Gasteiger partial charge in [-0.1, -0.05) is 12.1 Å². The average molecular weight is 363 g/mol. The topological polar surface area (TPSA) is 99.5 Å². The van der Waals surface area contributed by atoms with Gasteiger partial charge in [0.05, 0.1) is 17.2 Å². The number of nitrogens with zero attached hydrogens (tertiary/aromatic N) is 2. The summed E-state index contributed by atoms with van der Waals surface area (Å²) in [7, 11) is 0. The standard InChI is InChI=1S/C20H17N3O4/c21-12-14-4-1-6-16(10-14)22-18(24)13-27-20(26)15-5-2-7-17(11-15)23-9-3-8-19(23)25/h1-2,4-7,10-11H,3,8-9,13H2,(H,22,24). The second-order valence-electron chi connectivity index (χ2n) is 6.02. The zero-order valence-corrected chi connectivity index (χ0v) is 14.5. The molecule has 1 heterocycles. The van der Waals surface area contributed by atoms with E-state index in [-0.39, 0.29) is 11.5 Å². The summed E-state index contributed by atoms with van der Waals surface area (Å²) in [6, 6.07) is 15.0. The molecular weight excluding hydrogens is 346 g/mol. The fourth-order valence-corrected chi connectivity index (χ4v) is 2.80. The first-order chi connectivity index (χ1) is 13.1. The van der Waals surface area contributed by atoms with Crippen LogP contribution >= 0.6 is 0 Å². The van der Waals surface area contributed by atoms with Crippen molar-refractivity contribution in [2.45, 2.75) is 12.8 Å². The maximum atomic E-state index is 12.2. The Morgan fingerprint density at radius 3 is 2.74 bits per heavy atom. The third-order valence-corrected chi connectivity index (χ3v) is 4.08. The molecule has 1 aliphatic rings. The quantitative estimate of drug-likeness (QED) is 0.823. The highest BCUT2D eigenvalue weighted by Gasteiger charge is 2.22. The molecule has 0 atom stereocenters. The molecule has 7 nitrogen and oxygen atoms in total. The van der Waals surface area contributed by atoms with Gasteiger partial charge in [-0.2, -0.15) is 5.26 Å². The Hall–Kier alpha value is -3.66. The molecule has 3 rings (SSSR count). The number of nitrogens with one attached hydrogen (secondary N) is 1. The lowest BCUT2D eigenvalue weighted by Gasteiger charge is -2.16. The van der Waals surface area contributed by atoms with Crippen molar-refractivity contribution in [3.05, 3.63) is 59.7 Å². The van der Waals surface area contributed by atoms with Crippen LogP contribution in [0.15, 0.2) is 48.5 Å². The smallest absolute Gasteiger partial charge is 0.338 e. The van der Waals surface area contributed by atoms with E-state index in [1.165, 1.54) is 6.07 Å². The van der Waals surface area contributed by atoms with E-state index >= 15 is 0 Å². The number of hydrogen-bond acceptors (Lipinski definition) is 5. The Morgan fingerprint density at radius 1 is 1.19 bits per heavy atom. The van der Waals surface area contributed by atoms with Crippen molar-refractivity contribution in [3.8, 4) is 6.07 Å². The van der Waals surface area contributed by atoms with Crippen LogP contribution in [0.3, 0.4) is 0 Å². The number of carbonyl (C=O) groups is 3. The minimum absolute atomic E-state index is 0.0273. The van der Waals surface area contributed by atoms with Gasteiger partial charge in [-0.15, -0.1) is 0 Å². The van der Waals surface area contributed by atoms with Crippen LogP contribution in [0.25, 0.3) is 0 Å². The molecule has 7 heteroatoms. The first kappa shape index (κ1) is 18.1. The molecule has 1 N–H and O–H groups in total. The van der Waals surface area contributed by atoms with Crippen molar-refractivity contribution in [1.82, 2.24) is 0 Å². The maximum Gasteiger partial charge on any atom is 0.338 e. The molecule has 1 fully saturated rings. The van der Waals surface area contributed by atoms with Crippen molar-refractivity contribution in [2.75, 3.05) is 23.4 Å². The fourth-order valence-electron chi connectivity index (χ4n) is 2.80. The fraction of sp³-hybridized carbons (Fsp3) is 0.200. The van der Waals surface area contributed by atoms with Gasteiger partial charge in [0, 0.05) is 24.3 Å². The number of benzene rings is 2. The van der Waals surface area contributed by atoms with Gasteiger partial charge in [0.25, 0.3) is 5.91 Å². The average Bonchev–Trinajstić information content (AvgIpc) is 3.12. The summed E-state index contributed by atoms with van der Waals surface area (Å²) in [6.07, 6.45) is 1.29. The van der Waals surface area contributed by atoms with Crippen molar-refractivity contribution in [2.24, 2.45) is 0 Å². The van der Waals surface area contributed by atoms with Gasteiger partial charge in [0.15, 0.2) is 6.61 Å². The molecule has 2 aromatic rings. The number of hydrogen-bond donors (Lipinski definition) is 1. The van der Waals surface area contributed by atoms with Crippen molar-refractivity contribution >= 4 is 29.2 Å². The van der Waals surface area contributed by atoms with E-state index < -0.39 is 18.5 Å². The first-order valence-corrected chi connectivity index (χ1v) is 8.44. The molecule has 0 aliphatic carbocycles. The molecule has 1 aliphatic heterocycles. The second-order valence-corrected chi connectivity index (χ2v) is 6.02. The van der Waals surface area contributed by atoms with Crippen LogP contribution in [-0.4, -0.2) is 30.9 Å². The lowest BCUT2D eigenvalue weighted by Crippen LogP contribution is -2.24. The Labute approximate surface area is 156 Å². The van der Waals surface area contributed by atoms with Crippen molar-refractivity contribution in [3.63, 3.8) is 0 Å². The third kappa shape index (κ3) is 4.50. The summed E-state index contributed by atoms with van der Waals surface area (Å²) >= 11 is 0. The minimum Gasteiger partial charge on any atom is -0.452 e. The van der Waals surface area contributed by atoms with E-state index in [4.69, 9.17) is 10.00 Å². The summed E-state index contributed by atoms with van der Waals surface area (Å²) in [5, 5.41) is 11.4. The molecule has 136 valence electrons. The number of rotatable bonds is 5. The molecular formula is C20H17N3O4. The van der Waals surface area contributed by atoms with Crippen LogP contribution in [0.1, 0.15) is 28.8 Å². The summed E-state index contributed by atoms with van der Waals surface area (Å²) in [5.41, 5.74) is 1.78. The van der Waals surface area contributed by atoms with E-state index in [9.17, 15) is 14.4 Å².